The van der Waals surface area contributed by atoms with Gasteiger partial charge in [-0.25, -0.2) is 0 Å². The van der Waals surface area contributed by atoms with Gasteiger partial charge in [-0.05, 0) is 45.0 Å². The van der Waals surface area contributed by atoms with Crippen molar-refractivity contribution in [1.29, 1.82) is 0 Å². The number of ether oxygens (including phenoxy) is 1. The molecule has 1 aliphatic heterocycles. The van der Waals surface area contributed by atoms with Crippen molar-refractivity contribution in [1.82, 2.24) is 9.88 Å². The SMILES string of the molecule is CC(C)(C)OC(=O)CNC(=O)c1c(O)c2c(n(-c3ccc(Br)cc3)c1=O)CSC2. The van der Waals surface area contributed by atoms with Gasteiger partial charge in [0, 0.05) is 32.9 Å². The molecule has 0 saturated carbocycles. The number of hydrogen-bond donors (Lipinski definition) is 2. The Kier molecular flexibility index (Phi) is 6.09. The number of carbonyl (C=O) groups excluding carboxylic acids is 2. The maximum absolute atomic E-state index is 13.2. The molecule has 1 amide bonds. The number of benzene rings is 1. The Labute approximate surface area is 180 Å². The number of amides is 1. The molecule has 0 fully saturated rings. The van der Waals surface area contributed by atoms with E-state index in [2.05, 4.69) is 21.2 Å². The van der Waals surface area contributed by atoms with Gasteiger partial charge in [0.2, 0.25) is 0 Å². The van der Waals surface area contributed by atoms with E-state index in [1.165, 1.54) is 4.57 Å². The van der Waals surface area contributed by atoms with Crippen molar-refractivity contribution in [2.75, 3.05) is 6.54 Å². The summed E-state index contributed by atoms with van der Waals surface area (Å²) in [7, 11) is 0. The summed E-state index contributed by atoms with van der Waals surface area (Å²) >= 11 is 4.91. The Balaban J connectivity index is 1.98. The fourth-order valence-electron chi connectivity index (χ4n) is 3.00. The summed E-state index contributed by atoms with van der Waals surface area (Å²) in [6.07, 6.45) is 0. The number of fused-ring (bicyclic) bond motifs is 1. The van der Waals surface area contributed by atoms with Gasteiger partial charge < -0.3 is 15.2 Å². The number of halogens is 1. The minimum absolute atomic E-state index is 0.329. The first-order valence-electron chi connectivity index (χ1n) is 8.92. The van der Waals surface area contributed by atoms with E-state index in [4.69, 9.17) is 4.74 Å². The van der Waals surface area contributed by atoms with Crippen molar-refractivity contribution in [2.45, 2.75) is 37.9 Å². The number of aromatic hydroxyl groups is 1. The highest BCUT2D eigenvalue weighted by Gasteiger charge is 2.29. The van der Waals surface area contributed by atoms with E-state index >= 15 is 0 Å². The van der Waals surface area contributed by atoms with Gasteiger partial charge in [0.25, 0.3) is 11.5 Å². The third-order valence-corrected chi connectivity index (χ3v) is 5.67. The molecule has 0 atom stereocenters. The van der Waals surface area contributed by atoms with E-state index in [9.17, 15) is 19.5 Å². The molecular formula is C20H21BrN2O5S. The molecule has 9 heteroatoms. The quantitative estimate of drug-likeness (QED) is 0.652. The van der Waals surface area contributed by atoms with Crippen LogP contribution in [-0.2, 0) is 21.0 Å². The van der Waals surface area contributed by atoms with Crippen LogP contribution in [0.5, 0.6) is 5.75 Å². The van der Waals surface area contributed by atoms with Gasteiger partial charge in [-0.3, -0.25) is 19.0 Å². The molecule has 0 unspecified atom stereocenters. The zero-order valence-corrected chi connectivity index (χ0v) is 18.6. The predicted molar refractivity (Wildman–Crippen MR) is 115 cm³/mol. The highest BCUT2D eigenvalue weighted by Crippen LogP contribution is 2.37. The number of carbonyl (C=O) groups is 2. The van der Waals surface area contributed by atoms with Gasteiger partial charge in [0.1, 0.15) is 23.5 Å². The second-order valence-electron chi connectivity index (χ2n) is 7.53. The molecule has 7 nitrogen and oxygen atoms in total. The number of rotatable bonds is 4. The first-order chi connectivity index (χ1) is 13.6. The van der Waals surface area contributed by atoms with Crippen LogP contribution < -0.4 is 10.9 Å². The van der Waals surface area contributed by atoms with Crippen LogP contribution >= 0.6 is 27.7 Å². The molecular weight excluding hydrogens is 460 g/mol. The maximum atomic E-state index is 13.2. The van der Waals surface area contributed by atoms with Crippen LogP contribution in [0.15, 0.2) is 33.5 Å². The van der Waals surface area contributed by atoms with E-state index in [-0.39, 0.29) is 11.3 Å². The Bertz CT molecular complexity index is 1030. The summed E-state index contributed by atoms with van der Waals surface area (Å²) in [6.45, 7) is 4.74. The van der Waals surface area contributed by atoms with E-state index in [0.717, 1.165) is 4.47 Å². The van der Waals surface area contributed by atoms with Crippen LogP contribution in [0.25, 0.3) is 5.69 Å². The van der Waals surface area contributed by atoms with Gasteiger partial charge in [-0.2, -0.15) is 11.8 Å². The highest BCUT2D eigenvalue weighted by atomic mass is 79.9. The number of esters is 1. The molecule has 2 heterocycles. The average molecular weight is 481 g/mol. The molecule has 2 N–H and O–H groups in total. The molecule has 0 saturated heterocycles. The zero-order chi connectivity index (χ0) is 21.3. The monoisotopic (exact) mass is 480 g/mol. The Morgan fingerprint density at radius 2 is 1.90 bits per heavy atom. The molecule has 29 heavy (non-hydrogen) atoms. The fourth-order valence-corrected chi connectivity index (χ4v) is 4.37. The van der Waals surface area contributed by atoms with Crippen LogP contribution in [0, 0.1) is 0 Å². The topological polar surface area (TPSA) is 97.6 Å². The van der Waals surface area contributed by atoms with E-state index in [0.29, 0.717) is 28.5 Å². The molecule has 2 aromatic rings. The largest absolute Gasteiger partial charge is 0.507 e. The normalized spacial score (nSPS) is 13.1. The minimum Gasteiger partial charge on any atom is -0.507 e. The number of aromatic nitrogens is 1. The van der Waals surface area contributed by atoms with Gasteiger partial charge in [0.15, 0.2) is 0 Å². The van der Waals surface area contributed by atoms with E-state index < -0.39 is 29.6 Å². The lowest BCUT2D eigenvalue weighted by Gasteiger charge is -2.20. The summed E-state index contributed by atoms with van der Waals surface area (Å²) in [4.78, 5) is 37.7. The number of nitrogens with one attached hydrogen (secondary N) is 1. The van der Waals surface area contributed by atoms with Gasteiger partial charge in [0.05, 0.1) is 0 Å². The van der Waals surface area contributed by atoms with Crippen molar-refractivity contribution < 1.29 is 19.4 Å². The second kappa shape index (κ2) is 8.23. The molecule has 154 valence electrons. The third-order valence-electron chi connectivity index (χ3n) is 4.17. The predicted octanol–water partition coefficient (Wildman–Crippen LogP) is 3.12. The lowest BCUT2D eigenvalue weighted by molar-refractivity contribution is -0.153. The van der Waals surface area contributed by atoms with Crippen molar-refractivity contribution >= 4 is 39.6 Å². The van der Waals surface area contributed by atoms with E-state index in [1.54, 1.807) is 56.8 Å². The first kappa shape index (κ1) is 21.4. The Morgan fingerprint density at radius 1 is 1.24 bits per heavy atom. The van der Waals surface area contributed by atoms with Crippen molar-refractivity contribution in [2.24, 2.45) is 0 Å². The second-order valence-corrected chi connectivity index (χ2v) is 9.43. The molecule has 1 aliphatic rings. The number of pyridine rings is 1. The van der Waals surface area contributed by atoms with Crippen LogP contribution in [0.1, 0.15) is 42.4 Å². The van der Waals surface area contributed by atoms with Gasteiger partial charge in [-0.1, -0.05) is 15.9 Å². The zero-order valence-electron chi connectivity index (χ0n) is 16.2. The van der Waals surface area contributed by atoms with Crippen LogP contribution in [0.2, 0.25) is 0 Å². The summed E-state index contributed by atoms with van der Waals surface area (Å²) in [5.74, 6) is -0.734. The highest BCUT2D eigenvalue weighted by molar-refractivity contribution is 9.10. The summed E-state index contributed by atoms with van der Waals surface area (Å²) in [5.41, 5.74) is 0.121. The maximum Gasteiger partial charge on any atom is 0.325 e. The molecule has 1 aromatic carbocycles. The van der Waals surface area contributed by atoms with Crippen molar-refractivity contribution in [3.05, 3.63) is 55.9 Å². The molecule has 0 bridgehead atoms. The van der Waals surface area contributed by atoms with Crippen LogP contribution in [0.4, 0.5) is 0 Å². The van der Waals surface area contributed by atoms with E-state index in [1.807, 2.05) is 0 Å². The molecule has 0 radical (unpaired) electrons. The van der Waals surface area contributed by atoms with Crippen LogP contribution in [0.3, 0.4) is 0 Å². The first-order valence-corrected chi connectivity index (χ1v) is 10.9. The summed E-state index contributed by atoms with van der Waals surface area (Å²) < 4.78 is 7.46. The molecule has 1 aromatic heterocycles. The number of hydrogen-bond acceptors (Lipinski definition) is 6. The Hall–Kier alpha value is -2.26. The number of nitrogens with zero attached hydrogens (tertiary/aromatic N) is 1. The third kappa shape index (κ3) is 4.67. The standard InChI is InChI=1S/C20H21BrN2O5S/c1-20(2,3)28-15(24)8-22-18(26)16-17(25)13-9-29-10-14(13)23(19(16)27)12-6-4-11(21)5-7-12/h4-7,25H,8-10H2,1-3H3,(H,22,26). The number of thioether (sulfide) groups is 1. The Morgan fingerprint density at radius 3 is 2.52 bits per heavy atom. The lowest BCUT2D eigenvalue weighted by atomic mass is 10.1. The van der Waals surface area contributed by atoms with Gasteiger partial charge in [-0.15, -0.1) is 0 Å². The van der Waals surface area contributed by atoms with Crippen molar-refractivity contribution in [3.8, 4) is 11.4 Å². The molecule has 0 aliphatic carbocycles. The van der Waals surface area contributed by atoms with Crippen LogP contribution in [-0.4, -0.2) is 33.7 Å². The summed E-state index contributed by atoms with van der Waals surface area (Å²) in [5, 5.41) is 13.0. The lowest BCUT2D eigenvalue weighted by Crippen LogP contribution is -2.38. The molecule has 3 rings (SSSR count). The smallest absolute Gasteiger partial charge is 0.325 e. The molecule has 0 spiro atoms. The average Bonchev–Trinajstić information content (AvgIpc) is 3.10. The fraction of sp³-hybridized carbons (Fsp3) is 0.350. The summed E-state index contributed by atoms with van der Waals surface area (Å²) in [6, 6.07) is 7.11. The van der Waals surface area contributed by atoms with Crippen molar-refractivity contribution in [3.63, 3.8) is 0 Å². The minimum atomic E-state index is -0.816. The van der Waals surface area contributed by atoms with Gasteiger partial charge >= 0.3 is 5.97 Å².